The van der Waals surface area contributed by atoms with Crippen molar-refractivity contribution in [2.24, 2.45) is 0 Å². The van der Waals surface area contributed by atoms with E-state index in [4.69, 9.17) is 4.74 Å². The molecule has 4 heteroatoms. The van der Waals surface area contributed by atoms with Gasteiger partial charge in [-0.1, -0.05) is 30.4 Å². The van der Waals surface area contributed by atoms with E-state index in [1.807, 2.05) is 13.0 Å². The first kappa shape index (κ1) is 14.3. The average molecular weight is 275 g/mol. The molecule has 1 heterocycles. The molecule has 0 saturated heterocycles. The van der Waals surface area contributed by atoms with E-state index >= 15 is 0 Å². The summed E-state index contributed by atoms with van der Waals surface area (Å²) < 4.78 is 19.2. The molecule has 1 aliphatic rings. The molecule has 1 atom stereocenters. The maximum absolute atomic E-state index is 13.8. The molecule has 1 N–H and O–H groups in total. The van der Waals surface area contributed by atoms with Gasteiger partial charge in [0.1, 0.15) is 0 Å². The number of benzene rings is 1. The third-order valence-corrected chi connectivity index (χ3v) is 3.12. The van der Waals surface area contributed by atoms with Crippen molar-refractivity contribution >= 4 is 5.91 Å². The summed E-state index contributed by atoms with van der Waals surface area (Å²) in [6, 6.07) is 4.59. The Morgan fingerprint density at radius 3 is 3.10 bits per heavy atom. The van der Waals surface area contributed by atoms with Gasteiger partial charge in [0.05, 0.1) is 12.6 Å². The molecule has 1 aliphatic heterocycles. The lowest BCUT2D eigenvalue weighted by atomic mass is 10.0. The molecule has 0 spiro atoms. The van der Waals surface area contributed by atoms with Crippen molar-refractivity contribution < 1.29 is 13.9 Å². The Hall–Kier alpha value is -2.10. The summed E-state index contributed by atoms with van der Waals surface area (Å²) in [5.41, 5.74) is 0.704. The number of amides is 1. The summed E-state index contributed by atoms with van der Waals surface area (Å²) in [6.07, 6.45) is 8.27. The number of hydrogen-bond acceptors (Lipinski definition) is 2. The number of hydrogen-bond donors (Lipinski definition) is 1. The minimum Gasteiger partial charge on any atom is -0.490 e. The highest BCUT2D eigenvalue weighted by molar-refractivity contribution is 5.88. The number of para-hydroxylation sites is 1. The molecular weight excluding hydrogens is 257 g/mol. The highest BCUT2D eigenvalue weighted by Crippen LogP contribution is 2.33. The van der Waals surface area contributed by atoms with Crippen LogP contribution in [-0.2, 0) is 4.79 Å². The van der Waals surface area contributed by atoms with Crippen LogP contribution in [0, 0.1) is 5.82 Å². The number of carbonyl (C=O) groups excluding carboxylic acids is 1. The fourth-order valence-electron chi connectivity index (χ4n) is 2.19. The first-order valence-corrected chi connectivity index (χ1v) is 6.73. The van der Waals surface area contributed by atoms with E-state index < -0.39 is 0 Å². The van der Waals surface area contributed by atoms with Gasteiger partial charge in [-0.15, -0.1) is 0 Å². The van der Waals surface area contributed by atoms with E-state index in [-0.39, 0.29) is 23.5 Å². The first-order valence-electron chi connectivity index (χ1n) is 6.73. The quantitative estimate of drug-likeness (QED) is 0.679. The summed E-state index contributed by atoms with van der Waals surface area (Å²) in [6.45, 7) is 2.35. The van der Waals surface area contributed by atoms with Gasteiger partial charge >= 0.3 is 0 Å². The molecule has 2 rings (SSSR count). The fraction of sp³-hybridized carbons (Fsp3) is 0.312. The van der Waals surface area contributed by atoms with E-state index in [1.54, 1.807) is 24.3 Å². The van der Waals surface area contributed by atoms with Gasteiger partial charge in [-0.25, -0.2) is 4.39 Å². The molecule has 20 heavy (non-hydrogen) atoms. The second kappa shape index (κ2) is 6.89. The van der Waals surface area contributed by atoms with Gasteiger partial charge in [0.15, 0.2) is 11.6 Å². The number of carbonyl (C=O) groups is 1. The average Bonchev–Trinajstić information content (AvgIpc) is 2.63. The van der Waals surface area contributed by atoms with Crippen LogP contribution < -0.4 is 10.1 Å². The third kappa shape index (κ3) is 3.47. The van der Waals surface area contributed by atoms with Crippen molar-refractivity contribution in [3.63, 3.8) is 0 Å². The maximum Gasteiger partial charge on any atom is 0.244 e. The SMILES string of the molecule is C/C=C/C=C/C(=O)NC1CCCOc2c(F)cccc21. The highest BCUT2D eigenvalue weighted by atomic mass is 19.1. The molecule has 106 valence electrons. The fourth-order valence-corrected chi connectivity index (χ4v) is 2.19. The lowest BCUT2D eigenvalue weighted by Crippen LogP contribution is -2.26. The smallest absolute Gasteiger partial charge is 0.244 e. The van der Waals surface area contributed by atoms with Gasteiger partial charge in [-0.2, -0.15) is 0 Å². The van der Waals surface area contributed by atoms with Crippen molar-refractivity contribution in [2.45, 2.75) is 25.8 Å². The van der Waals surface area contributed by atoms with Gasteiger partial charge in [-0.05, 0) is 25.8 Å². The van der Waals surface area contributed by atoms with Crippen LogP contribution in [0.5, 0.6) is 5.75 Å². The topological polar surface area (TPSA) is 38.3 Å². The molecule has 0 aromatic heterocycles. The summed E-state index contributed by atoms with van der Waals surface area (Å²) >= 11 is 0. The van der Waals surface area contributed by atoms with Crippen LogP contribution in [0.4, 0.5) is 4.39 Å². The van der Waals surface area contributed by atoms with Crippen LogP contribution in [0.15, 0.2) is 42.5 Å². The Bertz CT molecular complexity index is 537. The Morgan fingerprint density at radius 2 is 2.30 bits per heavy atom. The molecule has 1 aromatic rings. The maximum atomic E-state index is 13.8. The van der Waals surface area contributed by atoms with E-state index in [2.05, 4.69) is 5.32 Å². The normalized spacial score (nSPS) is 18.6. The van der Waals surface area contributed by atoms with Crippen LogP contribution in [-0.4, -0.2) is 12.5 Å². The molecular formula is C16H18FNO2. The van der Waals surface area contributed by atoms with Crippen LogP contribution in [0.1, 0.15) is 31.4 Å². The van der Waals surface area contributed by atoms with E-state index in [9.17, 15) is 9.18 Å². The number of allylic oxidation sites excluding steroid dienone is 3. The van der Waals surface area contributed by atoms with Gasteiger partial charge < -0.3 is 10.1 Å². The van der Waals surface area contributed by atoms with Crippen LogP contribution in [0.2, 0.25) is 0 Å². The molecule has 0 radical (unpaired) electrons. The molecule has 1 amide bonds. The molecule has 1 aromatic carbocycles. The zero-order chi connectivity index (χ0) is 14.4. The zero-order valence-electron chi connectivity index (χ0n) is 11.4. The lowest BCUT2D eigenvalue weighted by Gasteiger charge is -2.17. The van der Waals surface area contributed by atoms with Gasteiger partial charge in [0.2, 0.25) is 5.91 Å². The summed E-state index contributed by atoms with van der Waals surface area (Å²) in [4.78, 5) is 11.8. The monoisotopic (exact) mass is 275 g/mol. The van der Waals surface area contributed by atoms with Crippen molar-refractivity contribution in [1.82, 2.24) is 5.32 Å². The number of nitrogens with one attached hydrogen (secondary N) is 1. The van der Waals surface area contributed by atoms with Gasteiger partial charge in [0, 0.05) is 11.6 Å². The predicted octanol–water partition coefficient (Wildman–Crippen LogP) is 3.29. The minimum absolute atomic E-state index is 0.190. The van der Waals surface area contributed by atoms with Gasteiger partial charge in [-0.3, -0.25) is 4.79 Å². The standard InChI is InChI=1S/C16H18FNO2/c1-2-3-4-10-15(19)18-14-9-6-11-20-16-12(14)7-5-8-13(16)17/h2-5,7-8,10,14H,6,9,11H2,1H3,(H,18,19)/b3-2+,10-4+. The molecule has 3 nitrogen and oxygen atoms in total. The van der Waals surface area contributed by atoms with Crippen molar-refractivity contribution in [3.05, 3.63) is 53.9 Å². The zero-order valence-corrected chi connectivity index (χ0v) is 11.4. The molecule has 0 saturated carbocycles. The summed E-state index contributed by atoms with van der Waals surface area (Å²) in [7, 11) is 0. The van der Waals surface area contributed by atoms with Crippen LogP contribution in [0.25, 0.3) is 0 Å². The van der Waals surface area contributed by atoms with Crippen molar-refractivity contribution in [2.75, 3.05) is 6.61 Å². The highest BCUT2D eigenvalue weighted by Gasteiger charge is 2.22. The Morgan fingerprint density at radius 1 is 1.45 bits per heavy atom. The second-order valence-electron chi connectivity index (χ2n) is 4.59. The number of fused-ring (bicyclic) bond motifs is 1. The number of ether oxygens (including phenoxy) is 1. The van der Waals surface area contributed by atoms with Crippen molar-refractivity contribution in [1.29, 1.82) is 0 Å². The van der Waals surface area contributed by atoms with E-state index in [0.29, 0.717) is 12.2 Å². The number of halogens is 1. The molecule has 0 bridgehead atoms. The summed E-state index contributed by atoms with van der Waals surface area (Å²) in [5, 5.41) is 2.89. The Kier molecular flexibility index (Phi) is 4.93. The van der Waals surface area contributed by atoms with Crippen molar-refractivity contribution in [3.8, 4) is 5.75 Å². The molecule has 0 fully saturated rings. The summed E-state index contributed by atoms with van der Waals surface area (Å²) in [5.74, 6) is -0.314. The largest absolute Gasteiger partial charge is 0.490 e. The lowest BCUT2D eigenvalue weighted by molar-refractivity contribution is -0.117. The second-order valence-corrected chi connectivity index (χ2v) is 4.59. The Labute approximate surface area is 118 Å². The van der Waals surface area contributed by atoms with E-state index in [0.717, 1.165) is 12.8 Å². The van der Waals surface area contributed by atoms with E-state index in [1.165, 1.54) is 12.1 Å². The Balaban J connectivity index is 2.17. The van der Waals surface area contributed by atoms with Crippen LogP contribution >= 0.6 is 0 Å². The predicted molar refractivity (Wildman–Crippen MR) is 76.0 cm³/mol. The van der Waals surface area contributed by atoms with Gasteiger partial charge in [0.25, 0.3) is 0 Å². The third-order valence-electron chi connectivity index (χ3n) is 3.12. The molecule has 0 aliphatic carbocycles. The number of rotatable bonds is 3. The van der Waals surface area contributed by atoms with Crippen LogP contribution in [0.3, 0.4) is 0 Å². The first-order chi connectivity index (χ1) is 9.72. The minimum atomic E-state index is -0.381. The molecule has 1 unspecified atom stereocenters.